The Morgan fingerprint density at radius 3 is 2.83 bits per heavy atom. The number of anilines is 1. The van der Waals surface area contributed by atoms with Gasteiger partial charge < -0.3 is 10.6 Å². The maximum absolute atomic E-state index is 12.4. The molecule has 2 heterocycles. The minimum atomic E-state index is -0.0347. The zero-order valence-electron chi connectivity index (χ0n) is 11.4. The molecule has 2 N–H and O–H groups in total. The van der Waals surface area contributed by atoms with E-state index < -0.39 is 0 Å². The van der Waals surface area contributed by atoms with Gasteiger partial charge in [0.25, 0.3) is 5.91 Å². The third-order valence-electron chi connectivity index (χ3n) is 3.50. The normalized spacial score (nSPS) is 18.9. The lowest BCUT2D eigenvalue weighted by Crippen LogP contribution is -2.43. The topological polar surface area (TPSA) is 64.2 Å². The molecule has 1 aliphatic rings. The second-order valence-corrected chi connectivity index (χ2v) is 5.78. The first-order valence-electron chi connectivity index (χ1n) is 6.55. The maximum Gasteiger partial charge on any atom is 0.276 e. The second-order valence-electron chi connectivity index (χ2n) is 5.78. The van der Waals surface area contributed by atoms with Gasteiger partial charge in [-0.25, -0.2) is 0 Å². The lowest BCUT2D eigenvalue weighted by molar-refractivity contribution is 0.0578. The standard InChI is InChI=1S/C13H22N4O/c1-4-17-8-10(14)11(15-17)12(18)16-7-5-6-13(2,3)9-16/h8H,4-7,9,14H2,1-3H3. The number of nitrogens with zero attached hydrogens (tertiary/aromatic N) is 3. The summed E-state index contributed by atoms with van der Waals surface area (Å²) in [5.74, 6) is -0.0347. The van der Waals surface area contributed by atoms with Crippen LogP contribution in [0.2, 0.25) is 0 Å². The highest BCUT2D eigenvalue weighted by Gasteiger charge is 2.31. The van der Waals surface area contributed by atoms with Gasteiger partial charge in [-0.1, -0.05) is 13.8 Å². The summed E-state index contributed by atoms with van der Waals surface area (Å²) in [6, 6.07) is 0. The largest absolute Gasteiger partial charge is 0.396 e. The van der Waals surface area contributed by atoms with Gasteiger partial charge >= 0.3 is 0 Å². The molecule has 1 amide bonds. The van der Waals surface area contributed by atoms with E-state index in [1.54, 1.807) is 10.9 Å². The highest BCUT2D eigenvalue weighted by Crippen LogP contribution is 2.29. The van der Waals surface area contributed by atoms with Crippen LogP contribution in [0.4, 0.5) is 5.69 Å². The number of rotatable bonds is 2. The zero-order valence-corrected chi connectivity index (χ0v) is 11.4. The van der Waals surface area contributed by atoms with Crippen molar-refractivity contribution in [2.24, 2.45) is 5.41 Å². The monoisotopic (exact) mass is 250 g/mol. The molecule has 2 rings (SSSR count). The van der Waals surface area contributed by atoms with Gasteiger partial charge in [-0.15, -0.1) is 0 Å². The Balaban J connectivity index is 2.17. The first kappa shape index (κ1) is 12.9. The van der Waals surface area contributed by atoms with Crippen molar-refractivity contribution in [2.45, 2.75) is 40.2 Å². The number of nitrogen functional groups attached to an aromatic ring is 1. The lowest BCUT2D eigenvalue weighted by atomic mass is 9.84. The minimum absolute atomic E-state index is 0.0347. The molecule has 0 unspecified atom stereocenters. The predicted molar refractivity (Wildman–Crippen MR) is 71.2 cm³/mol. The van der Waals surface area contributed by atoms with E-state index in [-0.39, 0.29) is 11.3 Å². The number of likely N-dealkylation sites (tertiary alicyclic amines) is 1. The van der Waals surface area contributed by atoms with Gasteiger partial charge in [0.05, 0.1) is 5.69 Å². The molecule has 1 fully saturated rings. The number of carbonyl (C=O) groups is 1. The molecule has 18 heavy (non-hydrogen) atoms. The van der Waals surface area contributed by atoms with Crippen LogP contribution in [0.25, 0.3) is 0 Å². The summed E-state index contributed by atoms with van der Waals surface area (Å²) < 4.78 is 1.71. The van der Waals surface area contributed by atoms with E-state index in [2.05, 4.69) is 18.9 Å². The van der Waals surface area contributed by atoms with Gasteiger partial charge in [-0.2, -0.15) is 5.10 Å². The molecule has 5 heteroatoms. The van der Waals surface area contributed by atoms with Gasteiger partial charge in [0.2, 0.25) is 0 Å². The fourth-order valence-electron chi connectivity index (χ4n) is 2.51. The van der Waals surface area contributed by atoms with Crippen LogP contribution in [0.1, 0.15) is 44.1 Å². The van der Waals surface area contributed by atoms with Crippen LogP contribution in [0, 0.1) is 5.41 Å². The number of carbonyl (C=O) groups excluding carboxylic acids is 1. The molecule has 0 saturated carbocycles. The van der Waals surface area contributed by atoms with E-state index in [0.29, 0.717) is 11.4 Å². The first-order chi connectivity index (χ1) is 8.43. The first-order valence-corrected chi connectivity index (χ1v) is 6.55. The quantitative estimate of drug-likeness (QED) is 0.869. The number of piperidine rings is 1. The van der Waals surface area contributed by atoms with Crippen molar-refractivity contribution in [2.75, 3.05) is 18.8 Å². The van der Waals surface area contributed by atoms with E-state index in [1.807, 2.05) is 11.8 Å². The Morgan fingerprint density at radius 2 is 2.28 bits per heavy atom. The molecule has 0 atom stereocenters. The molecule has 1 aromatic heterocycles. The van der Waals surface area contributed by atoms with Crippen LogP contribution in [0.15, 0.2) is 6.20 Å². The Kier molecular flexibility index (Phi) is 3.32. The van der Waals surface area contributed by atoms with Crippen molar-refractivity contribution in [1.29, 1.82) is 0 Å². The highest BCUT2D eigenvalue weighted by atomic mass is 16.2. The third kappa shape index (κ3) is 2.49. The minimum Gasteiger partial charge on any atom is -0.396 e. The summed E-state index contributed by atoms with van der Waals surface area (Å²) in [5.41, 5.74) is 6.93. The van der Waals surface area contributed by atoms with Crippen LogP contribution < -0.4 is 5.73 Å². The Labute approximate surface area is 108 Å². The maximum atomic E-state index is 12.4. The van der Waals surface area contributed by atoms with Crippen LogP contribution in [0.5, 0.6) is 0 Å². The number of hydrogen-bond acceptors (Lipinski definition) is 3. The average Bonchev–Trinajstić information content (AvgIpc) is 2.68. The molecule has 1 aliphatic heterocycles. The molecule has 0 radical (unpaired) electrons. The van der Waals surface area contributed by atoms with Gasteiger partial charge in [-0.3, -0.25) is 9.48 Å². The molecule has 0 bridgehead atoms. The number of nitrogens with two attached hydrogens (primary N) is 1. The van der Waals surface area contributed by atoms with E-state index in [0.717, 1.165) is 32.5 Å². The Hall–Kier alpha value is -1.52. The number of amides is 1. The molecule has 0 spiro atoms. The summed E-state index contributed by atoms with van der Waals surface area (Å²) >= 11 is 0. The highest BCUT2D eigenvalue weighted by molar-refractivity contribution is 5.97. The summed E-state index contributed by atoms with van der Waals surface area (Å²) in [5, 5.41) is 4.25. The predicted octanol–water partition coefficient (Wildman–Crippen LogP) is 1.75. The van der Waals surface area contributed by atoms with Crippen LogP contribution in [0.3, 0.4) is 0 Å². The third-order valence-corrected chi connectivity index (χ3v) is 3.50. The molecule has 5 nitrogen and oxygen atoms in total. The average molecular weight is 250 g/mol. The van der Waals surface area contributed by atoms with Crippen molar-refractivity contribution in [3.63, 3.8) is 0 Å². The van der Waals surface area contributed by atoms with Crippen LogP contribution in [-0.2, 0) is 6.54 Å². The van der Waals surface area contributed by atoms with Crippen molar-refractivity contribution >= 4 is 11.6 Å². The van der Waals surface area contributed by atoms with Crippen molar-refractivity contribution in [3.8, 4) is 0 Å². The molecule has 0 aliphatic carbocycles. The van der Waals surface area contributed by atoms with Gasteiger partial charge in [-0.05, 0) is 25.2 Å². The summed E-state index contributed by atoms with van der Waals surface area (Å²) in [6.07, 6.45) is 3.94. The number of aryl methyl sites for hydroxylation is 1. The molecular weight excluding hydrogens is 228 g/mol. The molecule has 0 aromatic carbocycles. The SMILES string of the molecule is CCn1cc(N)c(C(=O)N2CCCC(C)(C)C2)n1. The van der Waals surface area contributed by atoms with E-state index in [9.17, 15) is 4.79 Å². The van der Waals surface area contributed by atoms with Gasteiger partial charge in [0, 0.05) is 25.8 Å². The van der Waals surface area contributed by atoms with Crippen LogP contribution in [-0.4, -0.2) is 33.7 Å². The zero-order chi connectivity index (χ0) is 13.3. The number of aromatic nitrogens is 2. The van der Waals surface area contributed by atoms with Crippen LogP contribution >= 0.6 is 0 Å². The van der Waals surface area contributed by atoms with Gasteiger partial charge in [0.15, 0.2) is 5.69 Å². The fraction of sp³-hybridized carbons (Fsp3) is 0.692. The Bertz CT molecular complexity index is 450. The summed E-state index contributed by atoms with van der Waals surface area (Å²) in [7, 11) is 0. The van der Waals surface area contributed by atoms with E-state index in [4.69, 9.17) is 5.73 Å². The van der Waals surface area contributed by atoms with Crippen molar-refractivity contribution in [1.82, 2.24) is 14.7 Å². The molecule has 1 saturated heterocycles. The lowest BCUT2D eigenvalue weighted by Gasteiger charge is -2.37. The number of hydrogen-bond donors (Lipinski definition) is 1. The van der Waals surface area contributed by atoms with E-state index >= 15 is 0 Å². The Morgan fingerprint density at radius 1 is 1.56 bits per heavy atom. The molecule has 1 aromatic rings. The van der Waals surface area contributed by atoms with Crippen molar-refractivity contribution in [3.05, 3.63) is 11.9 Å². The summed E-state index contributed by atoms with van der Waals surface area (Å²) in [4.78, 5) is 14.3. The van der Waals surface area contributed by atoms with Crippen molar-refractivity contribution < 1.29 is 4.79 Å². The summed E-state index contributed by atoms with van der Waals surface area (Å²) in [6.45, 7) is 8.68. The molecular formula is C13H22N4O. The van der Waals surface area contributed by atoms with E-state index in [1.165, 1.54) is 0 Å². The smallest absolute Gasteiger partial charge is 0.276 e. The second kappa shape index (κ2) is 4.63. The molecule has 100 valence electrons. The van der Waals surface area contributed by atoms with Gasteiger partial charge in [0.1, 0.15) is 0 Å². The fourth-order valence-corrected chi connectivity index (χ4v) is 2.51.